The highest BCUT2D eigenvalue weighted by atomic mass is 35.5. The molecule has 2 aromatic rings. The van der Waals surface area contributed by atoms with Gasteiger partial charge in [-0.15, -0.1) is 0 Å². The van der Waals surface area contributed by atoms with E-state index in [4.69, 9.17) is 16.3 Å². The zero-order valence-corrected chi connectivity index (χ0v) is 12.4. The zero-order valence-electron chi connectivity index (χ0n) is 11.7. The first-order valence-electron chi connectivity index (χ1n) is 6.46. The topological polar surface area (TPSA) is 34.1 Å². The summed E-state index contributed by atoms with van der Waals surface area (Å²) in [6.45, 7) is 4.55. The van der Waals surface area contributed by atoms with Crippen molar-refractivity contribution in [3.63, 3.8) is 0 Å². The van der Waals surface area contributed by atoms with Crippen LogP contribution in [-0.4, -0.2) is 11.0 Å². The summed E-state index contributed by atoms with van der Waals surface area (Å²) in [6.07, 6.45) is 1.42. The van der Waals surface area contributed by atoms with E-state index in [-0.39, 0.29) is 11.6 Å². The summed E-state index contributed by atoms with van der Waals surface area (Å²) in [5.41, 5.74) is 0.771. The molecule has 0 saturated carbocycles. The van der Waals surface area contributed by atoms with Gasteiger partial charge in [0.15, 0.2) is 11.6 Å². The molecule has 0 atom stereocenters. The van der Waals surface area contributed by atoms with E-state index in [9.17, 15) is 8.78 Å². The molecule has 2 rings (SSSR count). The third-order valence-electron chi connectivity index (χ3n) is 2.72. The van der Waals surface area contributed by atoms with Gasteiger partial charge in [-0.2, -0.15) is 0 Å². The summed E-state index contributed by atoms with van der Waals surface area (Å²) in [6, 6.07) is 4.89. The van der Waals surface area contributed by atoms with Crippen LogP contribution in [0.2, 0.25) is 5.02 Å². The maximum atomic E-state index is 13.5. The minimum Gasteiger partial charge on any atom is -0.436 e. The molecule has 1 aromatic carbocycles. The van der Waals surface area contributed by atoms with Crippen molar-refractivity contribution in [2.24, 2.45) is 0 Å². The highest BCUT2D eigenvalue weighted by molar-refractivity contribution is 6.31. The van der Waals surface area contributed by atoms with Crippen molar-refractivity contribution in [1.29, 1.82) is 0 Å². The number of nitrogens with one attached hydrogen (secondary N) is 1. The number of ether oxygens (including phenoxy) is 1. The largest absolute Gasteiger partial charge is 0.436 e. The smallest absolute Gasteiger partial charge is 0.219 e. The van der Waals surface area contributed by atoms with Gasteiger partial charge in [0, 0.05) is 30.9 Å². The Labute approximate surface area is 126 Å². The van der Waals surface area contributed by atoms with Gasteiger partial charge < -0.3 is 10.1 Å². The van der Waals surface area contributed by atoms with E-state index in [1.807, 2.05) is 13.8 Å². The number of rotatable bonds is 5. The van der Waals surface area contributed by atoms with E-state index in [2.05, 4.69) is 10.3 Å². The van der Waals surface area contributed by atoms with Crippen molar-refractivity contribution in [1.82, 2.24) is 10.3 Å². The van der Waals surface area contributed by atoms with E-state index in [0.29, 0.717) is 17.6 Å². The van der Waals surface area contributed by atoms with Gasteiger partial charge >= 0.3 is 0 Å². The standard InChI is InChI=1S/C15H15ClF2N2O/c1-9(2)19-7-10-5-15(20-8-12(10)16)21-14-6-11(17)3-4-13(14)18/h3-6,8-9,19H,7H2,1-2H3. The van der Waals surface area contributed by atoms with Crippen LogP contribution in [0.15, 0.2) is 30.5 Å². The molecule has 0 aliphatic carbocycles. The normalized spacial score (nSPS) is 11.0. The Morgan fingerprint density at radius 2 is 2.05 bits per heavy atom. The maximum absolute atomic E-state index is 13.5. The predicted molar refractivity (Wildman–Crippen MR) is 77.7 cm³/mol. The van der Waals surface area contributed by atoms with Crippen molar-refractivity contribution in [3.05, 3.63) is 52.7 Å². The Hall–Kier alpha value is -1.72. The van der Waals surface area contributed by atoms with E-state index in [0.717, 1.165) is 23.8 Å². The summed E-state index contributed by atoms with van der Waals surface area (Å²) >= 11 is 6.05. The van der Waals surface area contributed by atoms with Gasteiger partial charge in [-0.3, -0.25) is 0 Å². The van der Waals surface area contributed by atoms with Gasteiger partial charge in [-0.25, -0.2) is 13.8 Å². The van der Waals surface area contributed by atoms with Crippen molar-refractivity contribution in [2.75, 3.05) is 0 Å². The summed E-state index contributed by atoms with van der Waals surface area (Å²) < 4.78 is 31.9. The lowest BCUT2D eigenvalue weighted by Crippen LogP contribution is -2.22. The number of halogens is 3. The predicted octanol–water partition coefficient (Wildman–Crippen LogP) is 4.30. The highest BCUT2D eigenvalue weighted by Gasteiger charge is 2.10. The molecule has 0 aliphatic rings. The molecule has 0 bridgehead atoms. The Morgan fingerprint density at radius 3 is 2.76 bits per heavy atom. The van der Waals surface area contributed by atoms with Crippen molar-refractivity contribution < 1.29 is 13.5 Å². The van der Waals surface area contributed by atoms with Gasteiger partial charge in [-0.05, 0) is 17.7 Å². The van der Waals surface area contributed by atoms with Gasteiger partial charge in [0.05, 0.1) is 5.02 Å². The molecule has 1 aromatic heterocycles. The third-order valence-corrected chi connectivity index (χ3v) is 3.06. The van der Waals surface area contributed by atoms with E-state index >= 15 is 0 Å². The fraction of sp³-hybridized carbons (Fsp3) is 0.267. The highest BCUT2D eigenvalue weighted by Crippen LogP contribution is 2.26. The van der Waals surface area contributed by atoms with Gasteiger partial charge in [0.1, 0.15) is 5.82 Å². The maximum Gasteiger partial charge on any atom is 0.219 e. The fourth-order valence-electron chi connectivity index (χ4n) is 1.63. The monoisotopic (exact) mass is 312 g/mol. The van der Waals surface area contributed by atoms with E-state index in [1.54, 1.807) is 6.07 Å². The van der Waals surface area contributed by atoms with Crippen molar-refractivity contribution in [3.8, 4) is 11.6 Å². The Kier molecular flexibility index (Phi) is 5.09. The summed E-state index contributed by atoms with van der Waals surface area (Å²) in [7, 11) is 0. The Morgan fingerprint density at radius 1 is 1.29 bits per heavy atom. The molecule has 0 spiro atoms. The SMILES string of the molecule is CC(C)NCc1cc(Oc2cc(F)ccc2F)ncc1Cl. The molecule has 112 valence electrons. The molecule has 1 heterocycles. The van der Waals surface area contributed by atoms with Crippen molar-refractivity contribution >= 4 is 11.6 Å². The molecule has 1 N–H and O–H groups in total. The van der Waals surface area contributed by atoms with Gasteiger partial charge in [0.2, 0.25) is 5.88 Å². The molecular formula is C15H15ClF2N2O. The number of pyridine rings is 1. The molecule has 0 saturated heterocycles. The summed E-state index contributed by atoms with van der Waals surface area (Å²) in [4.78, 5) is 3.96. The van der Waals surface area contributed by atoms with Crippen LogP contribution in [0.4, 0.5) is 8.78 Å². The van der Waals surface area contributed by atoms with Gasteiger partial charge in [0.25, 0.3) is 0 Å². The lowest BCUT2D eigenvalue weighted by molar-refractivity contribution is 0.421. The van der Waals surface area contributed by atoms with Crippen LogP contribution in [-0.2, 0) is 6.54 Å². The lowest BCUT2D eigenvalue weighted by Gasteiger charge is -2.11. The Balaban J connectivity index is 2.20. The number of aromatic nitrogens is 1. The van der Waals surface area contributed by atoms with Crippen LogP contribution in [0.25, 0.3) is 0 Å². The van der Waals surface area contributed by atoms with Crippen LogP contribution in [0.3, 0.4) is 0 Å². The number of hydrogen-bond acceptors (Lipinski definition) is 3. The number of hydrogen-bond donors (Lipinski definition) is 1. The van der Waals surface area contributed by atoms with Gasteiger partial charge in [-0.1, -0.05) is 25.4 Å². The van der Waals surface area contributed by atoms with Crippen LogP contribution in [0.5, 0.6) is 11.6 Å². The van der Waals surface area contributed by atoms with Crippen LogP contribution in [0.1, 0.15) is 19.4 Å². The Bertz CT molecular complexity index is 635. The second-order valence-corrected chi connectivity index (χ2v) is 5.23. The molecule has 0 aliphatic heterocycles. The summed E-state index contributed by atoms with van der Waals surface area (Å²) in [5.74, 6) is -1.30. The fourth-order valence-corrected chi connectivity index (χ4v) is 1.80. The molecule has 21 heavy (non-hydrogen) atoms. The lowest BCUT2D eigenvalue weighted by atomic mass is 10.2. The number of nitrogens with zero attached hydrogens (tertiary/aromatic N) is 1. The van der Waals surface area contributed by atoms with Crippen LogP contribution in [0, 0.1) is 11.6 Å². The quantitative estimate of drug-likeness (QED) is 0.893. The summed E-state index contributed by atoms with van der Waals surface area (Å²) in [5, 5.41) is 3.69. The van der Waals surface area contributed by atoms with Crippen LogP contribution < -0.4 is 10.1 Å². The molecular weight excluding hydrogens is 298 g/mol. The molecule has 0 unspecified atom stereocenters. The molecule has 0 radical (unpaired) electrons. The average molecular weight is 313 g/mol. The zero-order chi connectivity index (χ0) is 15.4. The van der Waals surface area contributed by atoms with Crippen LogP contribution >= 0.6 is 11.6 Å². The third kappa shape index (κ3) is 4.37. The first kappa shape index (κ1) is 15.7. The first-order chi connectivity index (χ1) is 9.95. The minimum atomic E-state index is -0.657. The molecule has 3 nitrogen and oxygen atoms in total. The second-order valence-electron chi connectivity index (χ2n) is 4.83. The molecule has 0 amide bonds. The number of benzene rings is 1. The van der Waals surface area contributed by atoms with E-state index in [1.165, 1.54) is 6.20 Å². The van der Waals surface area contributed by atoms with E-state index < -0.39 is 11.6 Å². The minimum absolute atomic E-state index is 0.157. The van der Waals surface area contributed by atoms with Crippen molar-refractivity contribution in [2.45, 2.75) is 26.4 Å². The second kappa shape index (κ2) is 6.83. The first-order valence-corrected chi connectivity index (χ1v) is 6.84. The molecule has 6 heteroatoms. The average Bonchev–Trinajstić information content (AvgIpc) is 2.43. The molecule has 0 fully saturated rings.